The van der Waals surface area contributed by atoms with Crippen LogP contribution in [0.5, 0.6) is 5.75 Å². The van der Waals surface area contributed by atoms with Crippen LogP contribution in [0.15, 0.2) is 73.2 Å². The molecular formula is C27H21F4N5O. The van der Waals surface area contributed by atoms with E-state index in [-0.39, 0.29) is 22.8 Å². The topological polar surface area (TPSA) is 65.7 Å². The molecule has 3 aromatic rings. The number of rotatable bonds is 7. The summed E-state index contributed by atoms with van der Waals surface area (Å²) in [5.74, 6) is 0.0213. The van der Waals surface area contributed by atoms with Gasteiger partial charge in [-0.05, 0) is 48.4 Å². The van der Waals surface area contributed by atoms with Crippen LogP contribution in [0.1, 0.15) is 24.5 Å². The number of hydrogen-bond donors (Lipinski definition) is 0. The highest BCUT2D eigenvalue weighted by Gasteiger charge is 2.34. The molecule has 0 fully saturated rings. The van der Waals surface area contributed by atoms with Gasteiger partial charge in [0.2, 0.25) is 0 Å². The van der Waals surface area contributed by atoms with Crippen LogP contribution in [0.25, 0.3) is 34.0 Å². The number of aromatic nitrogens is 5. The molecule has 0 saturated carbocycles. The molecule has 0 amide bonds. The van der Waals surface area contributed by atoms with E-state index in [1.54, 1.807) is 41.2 Å². The second-order valence-electron chi connectivity index (χ2n) is 8.37. The highest BCUT2D eigenvalue weighted by molar-refractivity contribution is 5.66. The number of fused-ring (bicyclic) bond motifs is 1. The lowest BCUT2D eigenvalue weighted by molar-refractivity contribution is -0.137. The summed E-state index contributed by atoms with van der Waals surface area (Å²) in [6, 6.07) is 13.4. The largest absolute Gasteiger partial charge is 0.494 e. The maximum Gasteiger partial charge on any atom is 0.417 e. The first-order valence-corrected chi connectivity index (χ1v) is 11.6. The van der Waals surface area contributed by atoms with Gasteiger partial charge in [0.15, 0.2) is 5.82 Å². The normalized spacial score (nSPS) is 11.7. The number of pyridine rings is 1. The van der Waals surface area contributed by atoms with Crippen molar-refractivity contribution in [2.75, 3.05) is 6.61 Å². The molecule has 6 nitrogen and oxygen atoms in total. The van der Waals surface area contributed by atoms with Crippen LogP contribution >= 0.6 is 0 Å². The SMILES string of the molecule is CCCOc1ccc(-c2ccc(Cn3cc4nc(-c5ccccc5F)nc-4cn3)cn2)c(C(F)(F)F)c1. The van der Waals surface area contributed by atoms with Crippen LogP contribution < -0.4 is 4.74 Å². The molecule has 0 unspecified atom stereocenters. The average Bonchev–Trinajstić information content (AvgIpc) is 3.31. The molecule has 10 heteroatoms. The first kappa shape index (κ1) is 24.4. The summed E-state index contributed by atoms with van der Waals surface area (Å²) in [6.07, 6.45) is 0.858. The summed E-state index contributed by atoms with van der Waals surface area (Å²) >= 11 is 0. The summed E-state index contributed by atoms with van der Waals surface area (Å²) in [7, 11) is 0. The lowest BCUT2D eigenvalue weighted by atomic mass is 10.0. The second kappa shape index (κ2) is 9.96. The van der Waals surface area contributed by atoms with Gasteiger partial charge in [0.25, 0.3) is 0 Å². The maximum atomic E-state index is 14.1. The van der Waals surface area contributed by atoms with Crippen molar-refractivity contribution in [1.29, 1.82) is 0 Å². The third kappa shape index (κ3) is 5.28. The Labute approximate surface area is 210 Å². The molecule has 188 valence electrons. The summed E-state index contributed by atoms with van der Waals surface area (Å²) in [5, 5.41) is 4.32. The zero-order chi connectivity index (χ0) is 26.0. The predicted molar refractivity (Wildman–Crippen MR) is 129 cm³/mol. The van der Waals surface area contributed by atoms with Crippen molar-refractivity contribution in [3.63, 3.8) is 0 Å². The van der Waals surface area contributed by atoms with Gasteiger partial charge in [-0.1, -0.05) is 25.1 Å². The average molecular weight is 507 g/mol. The monoisotopic (exact) mass is 507 g/mol. The van der Waals surface area contributed by atoms with Crippen molar-refractivity contribution >= 4 is 0 Å². The van der Waals surface area contributed by atoms with Crippen molar-refractivity contribution in [2.24, 2.45) is 0 Å². The third-order valence-electron chi connectivity index (χ3n) is 5.64. The van der Waals surface area contributed by atoms with E-state index in [0.29, 0.717) is 36.5 Å². The first-order valence-electron chi connectivity index (χ1n) is 11.6. The van der Waals surface area contributed by atoms with E-state index in [1.807, 2.05) is 6.92 Å². The number of benzene rings is 2. The van der Waals surface area contributed by atoms with Crippen molar-refractivity contribution in [3.05, 3.63) is 90.1 Å². The van der Waals surface area contributed by atoms with E-state index < -0.39 is 17.6 Å². The van der Waals surface area contributed by atoms with E-state index in [9.17, 15) is 17.6 Å². The smallest absolute Gasteiger partial charge is 0.417 e. The fourth-order valence-corrected chi connectivity index (χ4v) is 3.87. The lowest BCUT2D eigenvalue weighted by Gasteiger charge is -2.15. The number of nitrogens with zero attached hydrogens (tertiary/aromatic N) is 5. The van der Waals surface area contributed by atoms with Gasteiger partial charge in [-0.25, -0.2) is 14.4 Å². The molecule has 1 aromatic heterocycles. The third-order valence-corrected chi connectivity index (χ3v) is 5.64. The Bertz CT molecular complexity index is 1500. The summed E-state index contributed by atoms with van der Waals surface area (Å²) < 4.78 is 62.3. The molecule has 0 saturated heterocycles. The summed E-state index contributed by atoms with van der Waals surface area (Å²) in [4.78, 5) is 13.0. The highest BCUT2D eigenvalue weighted by atomic mass is 19.4. The Morgan fingerprint density at radius 3 is 2.43 bits per heavy atom. The zero-order valence-corrected chi connectivity index (χ0v) is 19.7. The summed E-state index contributed by atoms with van der Waals surface area (Å²) in [5.41, 5.74) is 1.46. The van der Waals surface area contributed by atoms with E-state index in [4.69, 9.17) is 4.74 Å². The van der Waals surface area contributed by atoms with Crippen LogP contribution in [-0.2, 0) is 12.7 Å². The number of halogens is 4. The van der Waals surface area contributed by atoms with Gasteiger partial charge < -0.3 is 4.74 Å². The van der Waals surface area contributed by atoms with Crippen molar-refractivity contribution in [1.82, 2.24) is 24.7 Å². The Balaban J connectivity index is 1.38. The Kier molecular flexibility index (Phi) is 6.56. The van der Waals surface area contributed by atoms with E-state index >= 15 is 0 Å². The van der Waals surface area contributed by atoms with Crippen molar-refractivity contribution in [2.45, 2.75) is 26.1 Å². The molecule has 0 radical (unpaired) electrons. The number of imidazole rings is 1. The number of hydrogen-bond acceptors (Lipinski definition) is 5. The van der Waals surface area contributed by atoms with Crippen LogP contribution in [-0.4, -0.2) is 31.3 Å². The molecule has 2 aromatic carbocycles. The first-order chi connectivity index (χ1) is 17.8. The number of alkyl halides is 3. The minimum atomic E-state index is -4.56. The van der Waals surface area contributed by atoms with Gasteiger partial charge in [-0.3, -0.25) is 9.67 Å². The molecule has 0 N–H and O–H groups in total. The van der Waals surface area contributed by atoms with Crippen LogP contribution in [0.4, 0.5) is 17.6 Å². The second-order valence-corrected chi connectivity index (χ2v) is 8.37. The van der Waals surface area contributed by atoms with Crippen molar-refractivity contribution < 1.29 is 22.3 Å². The Morgan fingerprint density at radius 2 is 1.70 bits per heavy atom. The molecule has 3 heterocycles. The van der Waals surface area contributed by atoms with Gasteiger partial charge in [0, 0.05) is 11.8 Å². The fraction of sp³-hybridized carbons (Fsp3) is 0.185. The fourth-order valence-electron chi connectivity index (χ4n) is 3.87. The summed E-state index contributed by atoms with van der Waals surface area (Å²) in [6.45, 7) is 2.52. The zero-order valence-electron chi connectivity index (χ0n) is 19.7. The van der Waals surface area contributed by atoms with Crippen LogP contribution in [0, 0.1) is 5.82 Å². The molecule has 0 aliphatic carbocycles. The minimum Gasteiger partial charge on any atom is -0.494 e. The molecule has 5 rings (SSSR count). The minimum absolute atomic E-state index is 0.0252. The van der Waals surface area contributed by atoms with E-state index in [1.165, 1.54) is 30.6 Å². The van der Waals surface area contributed by atoms with Crippen molar-refractivity contribution in [3.8, 4) is 39.8 Å². The molecule has 2 aliphatic heterocycles. The van der Waals surface area contributed by atoms with Gasteiger partial charge in [-0.2, -0.15) is 18.3 Å². The van der Waals surface area contributed by atoms with Gasteiger partial charge in [-0.15, -0.1) is 0 Å². The highest BCUT2D eigenvalue weighted by Crippen LogP contribution is 2.38. The van der Waals surface area contributed by atoms with E-state index in [2.05, 4.69) is 20.1 Å². The predicted octanol–water partition coefficient (Wildman–Crippen LogP) is 6.50. The molecule has 0 atom stereocenters. The van der Waals surface area contributed by atoms with Gasteiger partial charge in [0.1, 0.15) is 23.0 Å². The maximum absolute atomic E-state index is 14.1. The van der Waals surface area contributed by atoms with Gasteiger partial charge in [0.05, 0.1) is 42.4 Å². The van der Waals surface area contributed by atoms with Crippen LogP contribution in [0.3, 0.4) is 0 Å². The molecule has 0 bridgehead atoms. The molecule has 0 spiro atoms. The molecule has 2 aliphatic rings. The Morgan fingerprint density at radius 1 is 0.892 bits per heavy atom. The lowest BCUT2D eigenvalue weighted by Crippen LogP contribution is -2.09. The van der Waals surface area contributed by atoms with Gasteiger partial charge >= 0.3 is 6.18 Å². The number of ether oxygens (including phenoxy) is 1. The van der Waals surface area contributed by atoms with Crippen LogP contribution in [0.2, 0.25) is 0 Å². The van der Waals surface area contributed by atoms with E-state index in [0.717, 1.165) is 11.6 Å². The molecular weight excluding hydrogens is 486 g/mol. The Hall–Kier alpha value is -4.34. The standard InChI is InChI=1S/C27H21F4N5O/c1-2-11-37-18-8-9-19(21(12-18)27(29,30)31)23-10-7-17(13-32-23)15-36-16-25-24(14-33-36)34-26(35-25)20-5-3-4-6-22(20)28/h3-10,12-14,16H,2,11,15H2,1H3. The molecule has 37 heavy (non-hydrogen) atoms. The quantitative estimate of drug-likeness (QED) is 0.235.